The molecule has 0 N–H and O–H groups in total. The quantitative estimate of drug-likeness (QED) is 0.717. The second-order valence-corrected chi connectivity index (χ2v) is 4.43. The minimum atomic E-state index is -0.257. The highest BCUT2D eigenvalue weighted by molar-refractivity contribution is 5.78. The van der Waals surface area contributed by atoms with Gasteiger partial charge in [0.1, 0.15) is 17.5 Å². The molecule has 0 saturated carbocycles. The number of benzene rings is 1. The van der Waals surface area contributed by atoms with Gasteiger partial charge in [-0.05, 0) is 30.7 Å². The van der Waals surface area contributed by atoms with Crippen LogP contribution in [0, 0.1) is 5.82 Å². The molecule has 2 aromatic heterocycles. The lowest BCUT2D eigenvalue weighted by molar-refractivity contribution is 0.629. The van der Waals surface area contributed by atoms with E-state index in [-0.39, 0.29) is 5.82 Å². The minimum Gasteiger partial charge on any atom is -0.280 e. The van der Waals surface area contributed by atoms with Gasteiger partial charge in [-0.15, -0.1) is 0 Å². The maximum absolute atomic E-state index is 13.5. The summed E-state index contributed by atoms with van der Waals surface area (Å²) in [5.74, 6) is 1.44. The highest BCUT2D eigenvalue weighted by Gasteiger charge is 2.12. The molecule has 0 saturated heterocycles. The Hall–Kier alpha value is -2.23. The molecule has 96 valence electrons. The fourth-order valence-corrected chi connectivity index (χ4v) is 2.23. The van der Waals surface area contributed by atoms with Crippen LogP contribution in [0.1, 0.15) is 19.2 Å². The van der Waals surface area contributed by atoms with Gasteiger partial charge in [-0.25, -0.2) is 14.4 Å². The zero-order valence-corrected chi connectivity index (χ0v) is 10.7. The first-order chi connectivity index (χ1) is 9.29. The first-order valence-corrected chi connectivity index (χ1v) is 6.38. The summed E-state index contributed by atoms with van der Waals surface area (Å²) in [6.07, 6.45) is 3.56. The van der Waals surface area contributed by atoms with Crippen LogP contribution in [0.15, 0.2) is 42.6 Å². The Kier molecular flexibility index (Phi) is 2.99. The molecule has 0 atom stereocenters. The van der Waals surface area contributed by atoms with E-state index in [0.29, 0.717) is 0 Å². The fraction of sp³-hybridized carbons (Fsp3) is 0.200. The number of halogens is 1. The third-order valence-electron chi connectivity index (χ3n) is 3.04. The number of fused-ring (bicyclic) bond motifs is 1. The van der Waals surface area contributed by atoms with Crippen molar-refractivity contribution in [2.75, 3.05) is 0 Å². The molecule has 0 amide bonds. The van der Waals surface area contributed by atoms with E-state index >= 15 is 0 Å². The number of imidazole rings is 1. The van der Waals surface area contributed by atoms with Crippen molar-refractivity contribution < 1.29 is 4.39 Å². The number of nitrogens with zero attached hydrogens (tertiary/aromatic N) is 3. The normalized spacial score (nSPS) is 11.1. The van der Waals surface area contributed by atoms with Crippen molar-refractivity contribution in [1.29, 1.82) is 0 Å². The Morgan fingerprint density at radius 3 is 2.84 bits per heavy atom. The highest BCUT2D eigenvalue weighted by Crippen LogP contribution is 2.22. The average Bonchev–Trinajstić information content (AvgIpc) is 2.77. The van der Waals surface area contributed by atoms with Gasteiger partial charge in [0.05, 0.1) is 11.0 Å². The van der Waals surface area contributed by atoms with Crippen molar-refractivity contribution >= 4 is 11.0 Å². The van der Waals surface area contributed by atoms with Crippen molar-refractivity contribution in [2.45, 2.75) is 19.8 Å². The highest BCUT2D eigenvalue weighted by atomic mass is 19.1. The van der Waals surface area contributed by atoms with Crippen LogP contribution in [0.25, 0.3) is 16.9 Å². The van der Waals surface area contributed by atoms with E-state index in [9.17, 15) is 4.39 Å². The summed E-state index contributed by atoms with van der Waals surface area (Å²) >= 11 is 0. The Balaban J connectivity index is 2.30. The van der Waals surface area contributed by atoms with Gasteiger partial charge in [0.2, 0.25) is 0 Å². The standard InChI is InChI=1S/C15H14FN3/c1-2-5-15-18-12-8-7-11(16)10-13(12)19(15)14-6-3-4-9-17-14/h3-4,6-10H,2,5H2,1H3. The molecule has 0 spiro atoms. The number of hydrogen-bond acceptors (Lipinski definition) is 2. The molecule has 3 aromatic rings. The van der Waals surface area contributed by atoms with Crippen molar-refractivity contribution in [2.24, 2.45) is 0 Å². The molecule has 0 bridgehead atoms. The number of aromatic nitrogens is 3. The number of aryl methyl sites for hydroxylation is 1. The van der Waals surface area contributed by atoms with Crippen LogP contribution in [-0.4, -0.2) is 14.5 Å². The van der Waals surface area contributed by atoms with Crippen LogP contribution in [0.3, 0.4) is 0 Å². The molecule has 0 fully saturated rings. The third-order valence-corrected chi connectivity index (χ3v) is 3.04. The van der Waals surface area contributed by atoms with Gasteiger partial charge in [0, 0.05) is 18.7 Å². The van der Waals surface area contributed by atoms with E-state index in [4.69, 9.17) is 0 Å². The smallest absolute Gasteiger partial charge is 0.138 e. The third kappa shape index (κ3) is 2.10. The maximum Gasteiger partial charge on any atom is 0.138 e. The van der Waals surface area contributed by atoms with Gasteiger partial charge in [0.15, 0.2) is 0 Å². The van der Waals surface area contributed by atoms with Crippen LogP contribution in [0.5, 0.6) is 0 Å². The molecule has 1 aromatic carbocycles. The van der Waals surface area contributed by atoms with Gasteiger partial charge >= 0.3 is 0 Å². The zero-order chi connectivity index (χ0) is 13.2. The van der Waals surface area contributed by atoms with Crippen LogP contribution >= 0.6 is 0 Å². The van der Waals surface area contributed by atoms with Crippen LogP contribution in [0.4, 0.5) is 4.39 Å². The summed E-state index contributed by atoms with van der Waals surface area (Å²) < 4.78 is 15.4. The molecule has 4 heteroatoms. The number of hydrogen-bond donors (Lipinski definition) is 0. The average molecular weight is 255 g/mol. The Labute approximate surface area is 110 Å². The topological polar surface area (TPSA) is 30.7 Å². The lowest BCUT2D eigenvalue weighted by Gasteiger charge is -2.07. The van der Waals surface area contributed by atoms with Gasteiger partial charge in [-0.3, -0.25) is 4.57 Å². The van der Waals surface area contributed by atoms with Gasteiger partial charge in [0.25, 0.3) is 0 Å². The predicted molar refractivity (Wildman–Crippen MR) is 72.8 cm³/mol. The van der Waals surface area contributed by atoms with E-state index in [2.05, 4.69) is 16.9 Å². The Bertz CT molecular complexity index is 704. The molecule has 3 rings (SSSR count). The Morgan fingerprint density at radius 1 is 1.21 bits per heavy atom. The van der Waals surface area contributed by atoms with Gasteiger partial charge < -0.3 is 0 Å². The monoisotopic (exact) mass is 255 g/mol. The molecule has 0 radical (unpaired) electrons. The molecule has 0 aliphatic rings. The SMILES string of the molecule is CCCc1nc2ccc(F)cc2n1-c1ccccn1. The van der Waals surface area contributed by atoms with Crippen molar-refractivity contribution in [3.63, 3.8) is 0 Å². The molecular weight excluding hydrogens is 241 g/mol. The molecule has 3 nitrogen and oxygen atoms in total. The van der Waals surface area contributed by atoms with Crippen LogP contribution in [0.2, 0.25) is 0 Å². The first-order valence-electron chi connectivity index (χ1n) is 6.38. The van der Waals surface area contributed by atoms with Gasteiger partial charge in [-0.1, -0.05) is 13.0 Å². The lowest BCUT2D eigenvalue weighted by Crippen LogP contribution is -2.02. The summed E-state index contributed by atoms with van der Waals surface area (Å²) in [6, 6.07) is 10.4. The fourth-order valence-electron chi connectivity index (χ4n) is 2.23. The molecule has 0 unspecified atom stereocenters. The van der Waals surface area contributed by atoms with Crippen molar-refractivity contribution in [3.8, 4) is 5.82 Å². The maximum atomic E-state index is 13.5. The van der Waals surface area contributed by atoms with Crippen molar-refractivity contribution in [1.82, 2.24) is 14.5 Å². The van der Waals surface area contributed by atoms with Gasteiger partial charge in [-0.2, -0.15) is 0 Å². The lowest BCUT2D eigenvalue weighted by atomic mass is 10.3. The largest absolute Gasteiger partial charge is 0.280 e. The molecule has 0 aliphatic carbocycles. The predicted octanol–water partition coefficient (Wildman–Crippen LogP) is 3.51. The number of pyridine rings is 1. The van der Waals surface area contributed by atoms with Crippen molar-refractivity contribution in [3.05, 3.63) is 54.2 Å². The second kappa shape index (κ2) is 4.80. The van der Waals surface area contributed by atoms with E-state index < -0.39 is 0 Å². The van der Waals surface area contributed by atoms with E-state index in [1.54, 1.807) is 12.3 Å². The summed E-state index contributed by atoms with van der Waals surface area (Å²) in [4.78, 5) is 8.92. The Morgan fingerprint density at radius 2 is 2.11 bits per heavy atom. The molecule has 19 heavy (non-hydrogen) atoms. The van der Waals surface area contributed by atoms with E-state index in [0.717, 1.165) is 35.5 Å². The molecule has 0 aliphatic heterocycles. The van der Waals surface area contributed by atoms with E-state index in [1.165, 1.54) is 12.1 Å². The van der Waals surface area contributed by atoms with Crippen LogP contribution < -0.4 is 0 Å². The summed E-state index contributed by atoms with van der Waals surface area (Å²) in [6.45, 7) is 2.10. The molecular formula is C15H14FN3. The molecule has 2 heterocycles. The van der Waals surface area contributed by atoms with E-state index in [1.807, 2.05) is 22.8 Å². The van der Waals surface area contributed by atoms with Crippen LogP contribution in [-0.2, 0) is 6.42 Å². The first kappa shape index (κ1) is 11.8. The minimum absolute atomic E-state index is 0.257. The summed E-state index contributed by atoms with van der Waals surface area (Å²) in [5, 5.41) is 0. The number of rotatable bonds is 3. The zero-order valence-electron chi connectivity index (χ0n) is 10.7. The summed E-state index contributed by atoms with van der Waals surface area (Å²) in [7, 11) is 0. The summed E-state index contributed by atoms with van der Waals surface area (Å²) in [5.41, 5.74) is 1.57. The second-order valence-electron chi connectivity index (χ2n) is 4.43.